The molecule has 1 unspecified atom stereocenters. The van der Waals surface area contributed by atoms with Crippen LogP contribution in [0.25, 0.3) is 0 Å². The molecule has 0 radical (unpaired) electrons. The minimum Gasteiger partial charge on any atom is -0.496 e. The van der Waals surface area contributed by atoms with E-state index in [0.29, 0.717) is 5.02 Å². The van der Waals surface area contributed by atoms with Crippen molar-refractivity contribution in [2.24, 2.45) is 5.73 Å². The van der Waals surface area contributed by atoms with Crippen molar-refractivity contribution in [3.63, 3.8) is 0 Å². The largest absolute Gasteiger partial charge is 0.496 e. The predicted molar refractivity (Wildman–Crippen MR) is 89.2 cm³/mol. The van der Waals surface area contributed by atoms with Crippen LogP contribution in [0.15, 0.2) is 36.4 Å². The molecule has 0 saturated carbocycles. The normalized spacial score (nSPS) is 12.2. The number of hydrogen-bond donors (Lipinski definition) is 1. The Hall–Kier alpha value is -1.51. The third-order valence-corrected chi connectivity index (χ3v) is 4.11. The maximum Gasteiger partial charge on any atom is 0.124 e. The van der Waals surface area contributed by atoms with Crippen LogP contribution in [-0.2, 0) is 12.8 Å². The van der Waals surface area contributed by atoms with Crippen LogP contribution in [0.4, 0.5) is 0 Å². The fourth-order valence-corrected chi connectivity index (χ4v) is 2.82. The summed E-state index contributed by atoms with van der Waals surface area (Å²) in [6.45, 7) is 4.35. The van der Waals surface area contributed by atoms with Gasteiger partial charge in [0.15, 0.2) is 0 Å². The number of nitrogens with two attached hydrogens (primary N) is 1. The molecule has 0 aliphatic heterocycles. The molecule has 0 bridgehead atoms. The second-order valence-corrected chi connectivity index (χ2v) is 5.54. The van der Waals surface area contributed by atoms with Crippen molar-refractivity contribution < 1.29 is 4.74 Å². The van der Waals surface area contributed by atoms with Crippen molar-refractivity contribution in [1.82, 2.24) is 0 Å². The summed E-state index contributed by atoms with van der Waals surface area (Å²) in [5.74, 6) is 0.768. The summed E-state index contributed by atoms with van der Waals surface area (Å²) in [6.07, 6.45) is 2.05. The standard InChI is InChI=1S/C18H22ClNO/c1-4-12-6-7-14(10-13(12)5-2)18(20)16-11-15(19)8-9-17(16)21-3/h6-11,18H,4-5,20H2,1-3H3. The summed E-state index contributed by atoms with van der Waals surface area (Å²) in [5, 5.41) is 0.669. The molecule has 2 rings (SSSR count). The lowest BCUT2D eigenvalue weighted by atomic mass is 9.93. The SMILES string of the molecule is CCc1ccc(C(N)c2cc(Cl)ccc2OC)cc1CC. The molecule has 1 atom stereocenters. The highest BCUT2D eigenvalue weighted by molar-refractivity contribution is 6.30. The predicted octanol–water partition coefficient (Wildman–Crippen LogP) is 4.52. The van der Waals surface area contributed by atoms with Crippen LogP contribution in [0.5, 0.6) is 5.75 Å². The van der Waals surface area contributed by atoms with Gasteiger partial charge in [-0.05, 0) is 47.7 Å². The molecule has 2 aromatic carbocycles. The van der Waals surface area contributed by atoms with E-state index in [4.69, 9.17) is 22.1 Å². The van der Waals surface area contributed by atoms with Crippen LogP contribution in [0, 0.1) is 0 Å². The van der Waals surface area contributed by atoms with Crippen LogP contribution < -0.4 is 10.5 Å². The second kappa shape index (κ2) is 6.97. The highest BCUT2D eigenvalue weighted by Gasteiger charge is 2.15. The zero-order valence-electron chi connectivity index (χ0n) is 12.8. The Morgan fingerprint density at radius 3 is 2.38 bits per heavy atom. The molecular formula is C18H22ClNO. The molecule has 0 saturated heterocycles. The van der Waals surface area contributed by atoms with E-state index in [1.807, 2.05) is 18.2 Å². The zero-order valence-corrected chi connectivity index (χ0v) is 13.6. The Kier molecular flexibility index (Phi) is 5.27. The number of hydrogen-bond acceptors (Lipinski definition) is 2. The maximum atomic E-state index is 6.44. The average Bonchev–Trinajstić information content (AvgIpc) is 2.53. The van der Waals surface area contributed by atoms with E-state index in [1.165, 1.54) is 11.1 Å². The van der Waals surface area contributed by atoms with Gasteiger partial charge in [-0.15, -0.1) is 0 Å². The summed E-state index contributed by atoms with van der Waals surface area (Å²) < 4.78 is 5.41. The lowest BCUT2D eigenvalue weighted by Crippen LogP contribution is -2.14. The number of methoxy groups -OCH3 is 1. The Bertz CT molecular complexity index is 625. The molecule has 3 heteroatoms. The van der Waals surface area contributed by atoms with Gasteiger partial charge in [-0.1, -0.05) is 43.6 Å². The summed E-state index contributed by atoms with van der Waals surface area (Å²) in [4.78, 5) is 0. The molecule has 2 nitrogen and oxygen atoms in total. The molecular weight excluding hydrogens is 282 g/mol. The molecule has 0 aliphatic carbocycles. The van der Waals surface area contributed by atoms with Crippen molar-refractivity contribution in [3.05, 3.63) is 63.7 Å². The van der Waals surface area contributed by atoms with E-state index in [9.17, 15) is 0 Å². The average molecular weight is 304 g/mol. The molecule has 0 heterocycles. The molecule has 0 spiro atoms. The highest BCUT2D eigenvalue weighted by Crippen LogP contribution is 2.31. The van der Waals surface area contributed by atoms with Gasteiger partial charge >= 0.3 is 0 Å². The van der Waals surface area contributed by atoms with Crippen LogP contribution in [-0.4, -0.2) is 7.11 Å². The van der Waals surface area contributed by atoms with E-state index in [0.717, 1.165) is 29.7 Å². The minimum atomic E-state index is -0.241. The fraction of sp³-hybridized carbons (Fsp3) is 0.333. The molecule has 0 amide bonds. The van der Waals surface area contributed by atoms with Crippen molar-refractivity contribution in [2.75, 3.05) is 7.11 Å². The molecule has 0 fully saturated rings. The fourth-order valence-electron chi connectivity index (χ4n) is 2.64. The van der Waals surface area contributed by atoms with Gasteiger partial charge in [-0.2, -0.15) is 0 Å². The first kappa shape index (κ1) is 15.9. The number of aryl methyl sites for hydroxylation is 2. The summed E-state index contributed by atoms with van der Waals surface area (Å²) >= 11 is 6.10. The number of halogens is 1. The van der Waals surface area contributed by atoms with Gasteiger partial charge in [0.2, 0.25) is 0 Å². The number of rotatable bonds is 5. The van der Waals surface area contributed by atoms with E-state index < -0.39 is 0 Å². The Balaban J connectivity index is 2.44. The monoisotopic (exact) mass is 303 g/mol. The highest BCUT2D eigenvalue weighted by atomic mass is 35.5. The Morgan fingerprint density at radius 2 is 1.76 bits per heavy atom. The van der Waals surface area contributed by atoms with E-state index >= 15 is 0 Å². The van der Waals surface area contributed by atoms with Crippen molar-refractivity contribution >= 4 is 11.6 Å². The van der Waals surface area contributed by atoms with Crippen molar-refractivity contribution in [1.29, 1.82) is 0 Å². The lowest BCUT2D eigenvalue weighted by Gasteiger charge is -2.18. The molecule has 2 N–H and O–H groups in total. The summed E-state index contributed by atoms with van der Waals surface area (Å²) in [7, 11) is 1.65. The van der Waals surface area contributed by atoms with Gasteiger partial charge in [-0.25, -0.2) is 0 Å². The Labute approximate surface area is 131 Å². The maximum absolute atomic E-state index is 6.44. The van der Waals surface area contributed by atoms with Crippen molar-refractivity contribution in [2.45, 2.75) is 32.7 Å². The van der Waals surface area contributed by atoms with Crippen LogP contribution in [0.3, 0.4) is 0 Å². The van der Waals surface area contributed by atoms with Gasteiger partial charge in [0.25, 0.3) is 0 Å². The van der Waals surface area contributed by atoms with Gasteiger partial charge in [0.1, 0.15) is 5.75 Å². The van der Waals surface area contributed by atoms with Crippen LogP contribution in [0.1, 0.15) is 42.1 Å². The molecule has 0 aliphatic rings. The van der Waals surface area contributed by atoms with Gasteiger partial charge < -0.3 is 10.5 Å². The van der Waals surface area contributed by atoms with Crippen molar-refractivity contribution in [3.8, 4) is 5.75 Å². The molecule has 21 heavy (non-hydrogen) atoms. The van der Waals surface area contributed by atoms with E-state index in [-0.39, 0.29) is 6.04 Å². The van der Waals surface area contributed by atoms with Crippen LogP contribution in [0.2, 0.25) is 5.02 Å². The topological polar surface area (TPSA) is 35.2 Å². The smallest absolute Gasteiger partial charge is 0.124 e. The van der Waals surface area contributed by atoms with E-state index in [1.54, 1.807) is 7.11 Å². The minimum absolute atomic E-state index is 0.241. The number of ether oxygens (including phenoxy) is 1. The molecule has 0 aromatic heterocycles. The third kappa shape index (κ3) is 3.39. The first-order valence-electron chi connectivity index (χ1n) is 7.31. The summed E-state index contributed by atoms with van der Waals surface area (Å²) in [6, 6.07) is 11.8. The second-order valence-electron chi connectivity index (χ2n) is 5.10. The zero-order chi connectivity index (χ0) is 15.4. The van der Waals surface area contributed by atoms with Gasteiger partial charge in [0.05, 0.1) is 13.2 Å². The van der Waals surface area contributed by atoms with Crippen LogP contribution >= 0.6 is 11.6 Å². The number of benzene rings is 2. The Morgan fingerprint density at radius 1 is 1.05 bits per heavy atom. The quantitative estimate of drug-likeness (QED) is 0.881. The molecule has 2 aromatic rings. The summed E-state index contributed by atoms with van der Waals surface area (Å²) in [5.41, 5.74) is 11.2. The van der Waals surface area contributed by atoms with Gasteiger partial charge in [-0.3, -0.25) is 0 Å². The molecule has 112 valence electrons. The van der Waals surface area contributed by atoms with E-state index in [2.05, 4.69) is 32.0 Å². The lowest BCUT2D eigenvalue weighted by molar-refractivity contribution is 0.408. The first-order valence-corrected chi connectivity index (χ1v) is 7.69. The van der Waals surface area contributed by atoms with Gasteiger partial charge in [0, 0.05) is 10.6 Å². The third-order valence-electron chi connectivity index (χ3n) is 3.88. The first-order chi connectivity index (χ1) is 10.1.